The van der Waals surface area contributed by atoms with Gasteiger partial charge in [0.2, 0.25) is 0 Å². The highest BCUT2D eigenvalue weighted by Crippen LogP contribution is 2.32. The summed E-state index contributed by atoms with van der Waals surface area (Å²) in [4.78, 5) is 13.0. The lowest BCUT2D eigenvalue weighted by Gasteiger charge is -2.14. The first-order valence-electron chi connectivity index (χ1n) is 11.3. The first-order valence-corrected chi connectivity index (χ1v) is 11.3. The topological polar surface area (TPSA) is 89.7 Å². The lowest BCUT2D eigenvalue weighted by Crippen LogP contribution is -2.16. The fraction of sp³-hybridized carbons (Fsp3) is 0.280. The molecule has 0 unspecified atom stereocenters. The summed E-state index contributed by atoms with van der Waals surface area (Å²) in [6.45, 7) is 4.30. The predicted octanol–water partition coefficient (Wildman–Crippen LogP) is 4.32. The Hall–Kier alpha value is -3.99. The molecule has 0 aliphatic carbocycles. The first-order chi connectivity index (χ1) is 17.1. The number of likely N-dealkylation sites (N-methyl/N-ethyl adjacent to an activating group) is 1. The Morgan fingerprint density at radius 2 is 1.89 bits per heavy atom. The van der Waals surface area contributed by atoms with Gasteiger partial charge < -0.3 is 10.6 Å². The van der Waals surface area contributed by atoms with E-state index in [1.807, 2.05) is 20.9 Å². The molecule has 8 nitrogen and oxygen atoms in total. The van der Waals surface area contributed by atoms with Gasteiger partial charge in [-0.15, -0.1) is 5.10 Å². The van der Waals surface area contributed by atoms with Crippen molar-refractivity contribution in [2.24, 2.45) is 7.05 Å². The zero-order valence-corrected chi connectivity index (χ0v) is 20.3. The van der Waals surface area contributed by atoms with Crippen LogP contribution in [-0.4, -0.2) is 44.3 Å². The van der Waals surface area contributed by atoms with Crippen LogP contribution in [-0.2, 0) is 19.6 Å². The summed E-state index contributed by atoms with van der Waals surface area (Å²) < 4.78 is 43.6. The summed E-state index contributed by atoms with van der Waals surface area (Å²) in [6.07, 6.45) is -0.679. The first kappa shape index (κ1) is 25.1. The SMILES string of the molecule is CNCCc1cc(NC(=O)c2ccc(C)c(-n3cc(-c4cnn(C)c4C)nn3)c2)cc(C(F)(F)F)c1. The third-order valence-electron chi connectivity index (χ3n) is 5.96. The maximum absolute atomic E-state index is 13.4. The summed E-state index contributed by atoms with van der Waals surface area (Å²) in [7, 11) is 3.56. The van der Waals surface area contributed by atoms with Crippen molar-refractivity contribution in [2.75, 3.05) is 18.9 Å². The van der Waals surface area contributed by atoms with Crippen LogP contribution in [0.1, 0.15) is 32.7 Å². The number of aryl methyl sites for hydroxylation is 2. The number of alkyl halides is 3. The number of carbonyl (C=O) groups is 1. The third-order valence-corrected chi connectivity index (χ3v) is 5.96. The normalized spacial score (nSPS) is 11.6. The van der Waals surface area contributed by atoms with Crippen LogP contribution in [0.25, 0.3) is 16.9 Å². The van der Waals surface area contributed by atoms with Crippen molar-refractivity contribution in [2.45, 2.75) is 26.4 Å². The average molecular weight is 498 g/mol. The molecule has 0 saturated carbocycles. The molecule has 188 valence electrons. The molecule has 2 aromatic carbocycles. The molecule has 0 bridgehead atoms. The van der Waals surface area contributed by atoms with E-state index in [9.17, 15) is 18.0 Å². The Balaban J connectivity index is 1.62. The Kier molecular flexibility index (Phi) is 6.93. The summed E-state index contributed by atoms with van der Waals surface area (Å²) in [6, 6.07) is 8.60. The molecule has 0 atom stereocenters. The lowest BCUT2D eigenvalue weighted by molar-refractivity contribution is -0.137. The van der Waals surface area contributed by atoms with Gasteiger partial charge >= 0.3 is 6.18 Å². The van der Waals surface area contributed by atoms with E-state index in [1.54, 1.807) is 53.1 Å². The molecule has 36 heavy (non-hydrogen) atoms. The smallest absolute Gasteiger partial charge is 0.322 e. The van der Waals surface area contributed by atoms with Crippen LogP contribution in [0.4, 0.5) is 18.9 Å². The van der Waals surface area contributed by atoms with Crippen LogP contribution in [0, 0.1) is 13.8 Å². The van der Waals surface area contributed by atoms with Gasteiger partial charge in [-0.05, 0) is 75.3 Å². The zero-order chi connectivity index (χ0) is 26.0. The molecular formula is C25H26F3N7O. The van der Waals surface area contributed by atoms with Crippen molar-refractivity contribution < 1.29 is 18.0 Å². The van der Waals surface area contributed by atoms with Gasteiger partial charge in [-0.2, -0.15) is 18.3 Å². The second-order valence-electron chi connectivity index (χ2n) is 8.54. The number of rotatable bonds is 7. The lowest BCUT2D eigenvalue weighted by atomic mass is 10.1. The van der Waals surface area contributed by atoms with Crippen molar-refractivity contribution in [1.29, 1.82) is 0 Å². The molecule has 0 fully saturated rings. The molecule has 0 radical (unpaired) electrons. The van der Waals surface area contributed by atoms with Gasteiger partial charge in [-0.1, -0.05) is 11.3 Å². The fourth-order valence-corrected chi connectivity index (χ4v) is 3.80. The highest BCUT2D eigenvalue weighted by Gasteiger charge is 2.31. The molecule has 11 heteroatoms. The highest BCUT2D eigenvalue weighted by atomic mass is 19.4. The Morgan fingerprint density at radius 3 is 2.56 bits per heavy atom. The number of hydrogen-bond acceptors (Lipinski definition) is 5. The molecule has 2 heterocycles. The van der Waals surface area contributed by atoms with Gasteiger partial charge in [-0.25, -0.2) is 4.68 Å². The van der Waals surface area contributed by atoms with Crippen molar-refractivity contribution in [3.05, 3.63) is 76.7 Å². The second-order valence-corrected chi connectivity index (χ2v) is 8.54. The van der Waals surface area contributed by atoms with Gasteiger partial charge in [0.25, 0.3) is 5.91 Å². The minimum absolute atomic E-state index is 0.0816. The molecule has 2 aromatic heterocycles. The number of aromatic nitrogens is 5. The van der Waals surface area contributed by atoms with Crippen LogP contribution >= 0.6 is 0 Å². The van der Waals surface area contributed by atoms with Gasteiger partial charge in [0.15, 0.2) is 0 Å². The summed E-state index contributed by atoms with van der Waals surface area (Å²) in [5.41, 5.74) is 3.90. The molecule has 0 aliphatic rings. The third kappa shape index (κ3) is 5.30. The van der Waals surface area contributed by atoms with Crippen molar-refractivity contribution in [3.8, 4) is 16.9 Å². The number of amides is 1. The van der Waals surface area contributed by atoms with E-state index in [1.165, 1.54) is 0 Å². The monoisotopic (exact) mass is 497 g/mol. The van der Waals surface area contributed by atoms with Crippen LogP contribution in [0.5, 0.6) is 0 Å². The van der Waals surface area contributed by atoms with Crippen molar-refractivity contribution in [1.82, 2.24) is 30.1 Å². The van der Waals surface area contributed by atoms with E-state index >= 15 is 0 Å². The van der Waals surface area contributed by atoms with E-state index in [0.29, 0.717) is 29.9 Å². The maximum atomic E-state index is 13.4. The van der Waals surface area contributed by atoms with E-state index in [2.05, 4.69) is 26.0 Å². The Labute approximate surface area is 206 Å². The molecule has 0 saturated heterocycles. The quantitative estimate of drug-likeness (QED) is 0.397. The number of nitrogens with one attached hydrogen (secondary N) is 2. The van der Waals surface area contributed by atoms with E-state index in [0.717, 1.165) is 29.0 Å². The molecule has 4 rings (SSSR count). The van der Waals surface area contributed by atoms with E-state index < -0.39 is 17.6 Å². The standard InChI is InChI=1S/C25H26F3N7O/c1-15-5-6-18(11-23(15)35-14-22(32-33-35)21-13-30-34(4)16(21)2)24(36)31-20-10-17(7-8-29-3)9-19(12-20)25(26,27)28/h5-6,9-14,29H,7-8H2,1-4H3,(H,31,36). The predicted molar refractivity (Wildman–Crippen MR) is 130 cm³/mol. The second kappa shape index (κ2) is 9.94. The van der Waals surface area contributed by atoms with Crippen LogP contribution in [0.3, 0.4) is 0 Å². The van der Waals surface area contributed by atoms with Gasteiger partial charge in [0, 0.05) is 29.6 Å². The van der Waals surface area contributed by atoms with Gasteiger partial charge in [-0.3, -0.25) is 9.48 Å². The minimum atomic E-state index is -4.52. The van der Waals surface area contributed by atoms with E-state index in [4.69, 9.17) is 0 Å². The van der Waals surface area contributed by atoms with E-state index in [-0.39, 0.29) is 11.3 Å². The molecule has 0 aliphatic heterocycles. The maximum Gasteiger partial charge on any atom is 0.416 e. The van der Waals surface area contributed by atoms with Crippen LogP contribution in [0.2, 0.25) is 0 Å². The summed E-state index contributed by atoms with van der Waals surface area (Å²) in [5, 5.41) is 18.2. The highest BCUT2D eigenvalue weighted by molar-refractivity contribution is 6.04. The number of benzene rings is 2. The van der Waals surface area contributed by atoms with Crippen LogP contribution in [0.15, 0.2) is 48.8 Å². The minimum Gasteiger partial charge on any atom is -0.322 e. The number of halogens is 3. The zero-order valence-electron chi connectivity index (χ0n) is 20.3. The largest absolute Gasteiger partial charge is 0.416 e. The average Bonchev–Trinajstić information content (AvgIpc) is 3.44. The molecule has 4 aromatic rings. The number of nitrogens with zero attached hydrogens (tertiary/aromatic N) is 5. The molecule has 0 spiro atoms. The van der Waals surface area contributed by atoms with Crippen molar-refractivity contribution in [3.63, 3.8) is 0 Å². The van der Waals surface area contributed by atoms with Crippen molar-refractivity contribution >= 4 is 11.6 Å². The number of hydrogen-bond donors (Lipinski definition) is 2. The molecule has 2 N–H and O–H groups in total. The Bertz CT molecular complexity index is 1410. The van der Waals surface area contributed by atoms with Gasteiger partial charge in [0.1, 0.15) is 5.69 Å². The number of anilines is 1. The molecular weight excluding hydrogens is 471 g/mol. The fourth-order valence-electron chi connectivity index (χ4n) is 3.80. The number of carbonyl (C=O) groups excluding carboxylic acids is 1. The summed E-state index contributed by atoms with van der Waals surface area (Å²) >= 11 is 0. The van der Waals surface area contributed by atoms with Gasteiger partial charge in [0.05, 0.1) is 23.6 Å². The summed E-state index contributed by atoms with van der Waals surface area (Å²) in [5.74, 6) is -0.529. The van der Waals surface area contributed by atoms with Crippen LogP contribution < -0.4 is 10.6 Å². The molecule has 1 amide bonds. The Morgan fingerprint density at radius 1 is 1.11 bits per heavy atom.